The number of phenols is 1. The summed E-state index contributed by atoms with van der Waals surface area (Å²) >= 11 is 3.25. The quantitative estimate of drug-likeness (QED) is 0.794. The number of nitrogens with zero attached hydrogens (tertiary/aromatic N) is 1. The second kappa shape index (κ2) is 6.71. The molecule has 4 N–H and O–H groups in total. The Labute approximate surface area is 108 Å². The third-order valence-corrected chi connectivity index (χ3v) is 2.79. The van der Waals surface area contributed by atoms with Crippen LogP contribution in [0, 0.1) is 11.3 Å². The van der Waals surface area contributed by atoms with E-state index in [1.54, 1.807) is 6.07 Å². The number of rotatable bonds is 3. The minimum atomic E-state index is -0.488. The normalized spacial score (nSPS) is 11.4. The highest BCUT2D eigenvalue weighted by Gasteiger charge is 2.17. The van der Waals surface area contributed by atoms with Gasteiger partial charge in [0.25, 0.3) is 0 Å². The predicted octanol–water partition coefficient (Wildman–Crippen LogP) is 1.83. The molecular formula is C10H12BrClN2O2. The van der Waals surface area contributed by atoms with E-state index < -0.39 is 6.04 Å². The zero-order chi connectivity index (χ0) is 11.4. The highest BCUT2D eigenvalue weighted by molar-refractivity contribution is 9.10. The van der Waals surface area contributed by atoms with Crippen LogP contribution in [-0.2, 0) is 0 Å². The molecule has 0 spiro atoms. The summed E-state index contributed by atoms with van der Waals surface area (Å²) < 4.78 is 0.639. The van der Waals surface area contributed by atoms with Gasteiger partial charge in [-0.25, -0.2) is 0 Å². The highest BCUT2D eigenvalue weighted by Crippen LogP contribution is 2.34. The van der Waals surface area contributed by atoms with Gasteiger partial charge in [-0.3, -0.25) is 0 Å². The molecule has 0 saturated heterocycles. The van der Waals surface area contributed by atoms with Crippen LogP contribution in [0.4, 0.5) is 0 Å². The molecule has 0 heterocycles. The monoisotopic (exact) mass is 306 g/mol. The first kappa shape index (κ1) is 15.2. The first-order valence-corrected chi connectivity index (χ1v) is 5.19. The molecule has 0 amide bonds. The van der Waals surface area contributed by atoms with Crippen molar-refractivity contribution >= 4 is 28.3 Å². The number of phenolic OH excluding ortho intramolecular Hbond substituents is 1. The van der Waals surface area contributed by atoms with Crippen molar-refractivity contribution in [3.05, 3.63) is 27.7 Å². The Morgan fingerprint density at radius 3 is 2.62 bits per heavy atom. The molecule has 0 radical (unpaired) electrons. The van der Waals surface area contributed by atoms with Gasteiger partial charge in [0.05, 0.1) is 5.56 Å². The maximum absolute atomic E-state index is 9.75. The van der Waals surface area contributed by atoms with Crippen LogP contribution in [-0.4, -0.2) is 16.8 Å². The van der Waals surface area contributed by atoms with Gasteiger partial charge in [0, 0.05) is 22.7 Å². The molecule has 16 heavy (non-hydrogen) atoms. The summed E-state index contributed by atoms with van der Waals surface area (Å²) in [7, 11) is 0. The second-order valence-electron chi connectivity index (χ2n) is 3.09. The molecule has 1 aromatic rings. The van der Waals surface area contributed by atoms with Gasteiger partial charge in [-0.1, -0.05) is 15.9 Å². The molecule has 0 aliphatic heterocycles. The van der Waals surface area contributed by atoms with Crippen molar-refractivity contribution in [2.75, 3.05) is 6.61 Å². The summed E-state index contributed by atoms with van der Waals surface area (Å²) in [6, 6.07) is 4.55. The van der Waals surface area contributed by atoms with Crippen LogP contribution in [0.2, 0.25) is 0 Å². The standard InChI is InChI=1S/C10H11BrN2O2.ClH/c11-7-2-1-6(5-12)10(15)9(7)8(13)3-4-14;/h1-2,8,14-15H,3-4,13H2;1H/t8-;/m0./s1. The van der Waals surface area contributed by atoms with Gasteiger partial charge < -0.3 is 15.9 Å². The lowest BCUT2D eigenvalue weighted by Crippen LogP contribution is -2.13. The van der Waals surface area contributed by atoms with Crippen LogP contribution in [0.3, 0.4) is 0 Å². The summed E-state index contributed by atoms with van der Waals surface area (Å²) in [6.45, 7) is -0.0656. The molecule has 0 aliphatic carbocycles. The largest absolute Gasteiger partial charge is 0.506 e. The van der Waals surface area contributed by atoms with Crippen molar-refractivity contribution < 1.29 is 10.2 Å². The van der Waals surface area contributed by atoms with Crippen molar-refractivity contribution in [1.29, 1.82) is 5.26 Å². The van der Waals surface area contributed by atoms with Crippen molar-refractivity contribution in [2.45, 2.75) is 12.5 Å². The van der Waals surface area contributed by atoms with Gasteiger partial charge in [-0.2, -0.15) is 5.26 Å². The van der Waals surface area contributed by atoms with E-state index in [2.05, 4.69) is 15.9 Å². The van der Waals surface area contributed by atoms with E-state index in [4.69, 9.17) is 16.1 Å². The first-order valence-electron chi connectivity index (χ1n) is 4.39. The fourth-order valence-corrected chi connectivity index (χ4v) is 1.92. The van der Waals surface area contributed by atoms with Gasteiger partial charge in [0.2, 0.25) is 0 Å². The number of aliphatic hydroxyl groups excluding tert-OH is 1. The Hall–Kier alpha value is -0.800. The number of nitriles is 1. The lowest BCUT2D eigenvalue weighted by molar-refractivity contribution is 0.275. The molecule has 0 unspecified atom stereocenters. The van der Waals surface area contributed by atoms with Gasteiger partial charge in [-0.15, -0.1) is 12.4 Å². The smallest absolute Gasteiger partial charge is 0.139 e. The second-order valence-corrected chi connectivity index (χ2v) is 3.94. The number of aliphatic hydroxyl groups is 1. The fraction of sp³-hybridized carbons (Fsp3) is 0.300. The topological polar surface area (TPSA) is 90.3 Å². The van der Waals surface area contributed by atoms with Crippen LogP contribution in [0.15, 0.2) is 16.6 Å². The van der Waals surface area contributed by atoms with Gasteiger partial charge in [0.1, 0.15) is 11.8 Å². The van der Waals surface area contributed by atoms with E-state index in [0.29, 0.717) is 16.5 Å². The molecule has 1 aromatic carbocycles. The van der Waals surface area contributed by atoms with E-state index in [9.17, 15) is 5.11 Å². The molecule has 88 valence electrons. The Kier molecular flexibility index (Phi) is 6.38. The molecule has 0 aromatic heterocycles. The number of aromatic hydroxyl groups is 1. The minimum Gasteiger partial charge on any atom is -0.506 e. The Balaban J connectivity index is 0.00000225. The van der Waals surface area contributed by atoms with Gasteiger partial charge in [-0.05, 0) is 18.6 Å². The number of hydrogen-bond acceptors (Lipinski definition) is 4. The molecule has 0 aliphatic rings. The maximum Gasteiger partial charge on any atom is 0.139 e. The molecule has 0 saturated carbocycles. The molecule has 0 fully saturated rings. The third-order valence-electron chi connectivity index (χ3n) is 2.10. The Bertz CT molecular complexity index is 407. The summed E-state index contributed by atoms with van der Waals surface area (Å²) in [5.41, 5.74) is 6.41. The van der Waals surface area contributed by atoms with Crippen molar-refractivity contribution in [1.82, 2.24) is 0 Å². The van der Waals surface area contributed by atoms with Crippen molar-refractivity contribution in [2.24, 2.45) is 5.73 Å². The Morgan fingerprint density at radius 1 is 1.50 bits per heavy atom. The lowest BCUT2D eigenvalue weighted by Gasteiger charge is -2.14. The van der Waals surface area contributed by atoms with Crippen LogP contribution in [0.1, 0.15) is 23.6 Å². The predicted molar refractivity (Wildman–Crippen MR) is 66.4 cm³/mol. The SMILES string of the molecule is Cl.N#Cc1ccc(Br)c([C@@H](N)CCO)c1O. The van der Waals surface area contributed by atoms with E-state index in [1.807, 2.05) is 6.07 Å². The van der Waals surface area contributed by atoms with E-state index in [1.165, 1.54) is 6.07 Å². The maximum atomic E-state index is 9.75. The molecule has 1 atom stereocenters. The number of halogens is 2. The summed E-state index contributed by atoms with van der Waals surface area (Å²) in [5, 5.41) is 27.2. The van der Waals surface area contributed by atoms with E-state index in [0.717, 1.165) is 0 Å². The average molecular weight is 308 g/mol. The van der Waals surface area contributed by atoms with Crippen LogP contribution in [0.5, 0.6) is 5.75 Å². The molecule has 6 heteroatoms. The molecule has 4 nitrogen and oxygen atoms in total. The lowest BCUT2D eigenvalue weighted by atomic mass is 10.0. The van der Waals surface area contributed by atoms with Crippen LogP contribution < -0.4 is 5.73 Å². The van der Waals surface area contributed by atoms with Crippen molar-refractivity contribution in [3.63, 3.8) is 0 Å². The fourth-order valence-electron chi connectivity index (χ4n) is 1.31. The Morgan fingerprint density at radius 2 is 2.12 bits per heavy atom. The summed E-state index contributed by atoms with van der Waals surface area (Å²) in [4.78, 5) is 0. The molecular weight excluding hydrogens is 295 g/mol. The van der Waals surface area contributed by atoms with E-state index in [-0.39, 0.29) is 30.3 Å². The summed E-state index contributed by atoms with van der Waals surface area (Å²) in [5.74, 6) is -0.118. The van der Waals surface area contributed by atoms with Crippen LogP contribution in [0.25, 0.3) is 0 Å². The van der Waals surface area contributed by atoms with Gasteiger partial charge >= 0.3 is 0 Å². The van der Waals surface area contributed by atoms with Crippen LogP contribution >= 0.6 is 28.3 Å². The summed E-state index contributed by atoms with van der Waals surface area (Å²) in [6.07, 6.45) is 0.334. The highest BCUT2D eigenvalue weighted by atomic mass is 79.9. The number of nitrogens with two attached hydrogens (primary N) is 1. The zero-order valence-corrected chi connectivity index (χ0v) is 10.8. The average Bonchev–Trinajstić information content (AvgIpc) is 2.18. The zero-order valence-electron chi connectivity index (χ0n) is 8.35. The molecule has 1 rings (SSSR count). The van der Waals surface area contributed by atoms with Crippen molar-refractivity contribution in [3.8, 4) is 11.8 Å². The minimum absolute atomic E-state index is 0. The molecule has 0 bridgehead atoms. The number of benzene rings is 1. The van der Waals surface area contributed by atoms with Gasteiger partial charge in [0.15, 0.2) is 0 Å². The van der Waals surface area contributed by atoms with E-state index >= 15 is 0 Å². The third kappa shape index (κ3) is 3.09. The number of hydrogen-bond donors (Lipinski definition) is 3. The first-order chi connectivity index (χ1) is 7.11.